The van der Waals surface area contributed by atoms with Crippen molar-refractivity contribution in [3.8, 4) is 11.5 Å². The van der Waals surface area contributed by atoms with Crippen LogP contribution in [0.1, 0.15) is 11.1 Å². The predicted octanol–water partition coefficient (Wildman–Crippen LogP) is 2.03. The van der Waals surface area contributed by atoms with Gasteiger partial charge in [0.15, 0.2) is 0 Å². The summed E-state index contributed by atoms with van der Waals surface area (Å²) in [4.78, 5) is 11.6. The molecule has 0 amide bonds. The van der Waals surface area contributed by atoms with Gasteiger partial charge >= 0.3 is 5.97 Å². The van der Waals surface area contributed by atoms with Crippen LogP contribution >= 0.6 is 11.8 Å². The topological polar surface area (TPSA) is 44.8 Å². The van der Waals surface area contributed by atoms with Gasteiger partial charge in [-0.3, -0.25) is 4.79 Å². The molecule has 0 bridgehead atoms. The van der Waals surface area contributed by atoms with Crippen LogP contribution in [0.15, 0.2) is 12.1 Å². The fourth-order valence-corrected chi connectivity index (χ4v) is 3.33. The van der Waals surface area contributed by atoms with Crippen LogP contribution < -0.4 is 9.47 Å². The van der Waals surface area contributed by atoms with E-state index >= 15 is 0 Å². The van der Waals surface area contributed by atoms with Crippen molar-refractivity contribution in [3.05, 3.63) is 23.3 Å². The summed E-state index contributed by atoms with van der Waals surface area (Å²) < 4.78 is 15.5. The number of hydrogen-bond acceptors (Lipinski definition) is 5. The third-order valence-corrected chi connectivity index (χ3v) is 4.28. The molecule has 1 heterocycles. The van der Waals surface area contributed by atoms with Crippen LogP contribution in [0.2, 0.25) is 0 Å². The number of carbonyl (C=O) groups excluding carboxylic acids is 1. The van der Waals surface area contributed by atoms with Crippen LogP contribution in [0, 0.1) is 0 Å². The molecule has 98 valence electrons. The number of carbonyl (C=O) groups is 1. The third-order valence-electron chi connectivity index (χ3n) is 3.07. The number of hydrogen-bond donors (Lipinski definition) is 0. The molecule has 1 aromatic carbocycles. The smallest absolute Gasteiger partial charge is 0.319 e. The van der Waals surface area contributed by atoms with Crippen molar-refractivity contribution in [1.82, 2.24) is 0 Å². The highest BCUT2D eigenvalue weighted by Gasteiger charge is 2.29. The maximum absolute atomic E-state index is 11.6. The summed E-state index contributed by atoms with van der Waals surface area (Å²) in [6.07, 6.45) is 0.618. The molecule has 4 nitrogen and oxygen atoms in total. The minimum absolute atomic E-state index is 0.163. The van der Waals surface area contributed by atoms with Gasteiger partial charge in [0, 0.05) is 16.9 Å². The second kappa shape index (κ2) is 5.52. The molecule has 0 aromatic heterocycles. The third kappa shape index (κ3) is 2.27. The highest BCUT2D eigenvalue weighted by atomic mass is 32.2. The molecule has 1 aliphatic rings. The van der Waals surface area contributed by atoms with Gasteiger partial charge in [0.2, 0.25) is 0 Å². The number of esters is 1. The monoisotopic (exact) mass is 268 g/mol. The van der Waals surface area contributed by atoms with Gasteiger partial charge in [0.25, 0.3) is 0 Å². The molecule has 5 heteroatoms. The Balaban J connectivity index is 2.37. The van der Waals surface area contributed by atoms with Crippen molar-refractivity contribution in [2.75, 3.05) is 21.3 Å². The van der Waals surface area contributed by atoms with Gasteiger partial charge in [-0.2, -0.15) is 0 Å². The number of thioether (sulfide) groups is 1. The van der Waals surface area contributed by atoms with Crippen molar-refractivity contribution in [3.63, 3.8) is 0 Å². The standard InChI is InChI=1S/C13H16O4S/c1-15-10-4-5-11(16-2)9-7-18-12(6-8(9)10)13(14)17-3/h4-5,12H,6-7H2,1-3H3. The first kappa shape index (κ1) is 13.1. The van der Waals surface area contributed by atoms with Gasteiger partial charge in [0.1, 0.15) is 16.7 Å². The molecule has 0 radical (unpaired) electrons. The molecule has 1 atom stereocenters. The van der Waals surface area contributed by atoms with Crippen molar-refractivity contribution < 1.29 is 19.0 Å². The number of rotatable bonds is 3. The zero-order valence-electron chi connectivity index (χ0n) is 10.7. The minimum atomic E-state index is -0.185. The molecular weight excluding hydrogens is 252 g/mol. The van der Waals surface area contributed by atoms with Crippen LogP contribution in [0.3, 0.4) is 0 Å². The summed E-state index contributed by atoms with van der Waals surface area (Å²) in [7, 11) is 4.71. The molecule has 1 unspecified atom stereocenters. The molecule has 0 spiro atoms. The lowest BCUT2D eigenvalue weighted by atomic mass is 10.0. The quantitative estimate of drug-likeness (QED) is 0.785. The van der Waals surface area contributed by atoms with Gasteiger partial charge in [-0.25, -0.2) is 0 Å². The van der Waals surface area contributed by atoms with Crippen LogP contribution in [0.4, 0.5) is 0 Å². The van der Waals surface area contributed by atoms with Crippen LogP contribution in [-0.2, 0) is 21.7 Å². The first-order valence-electron chi connectivity index (χ1n) is 5.63. The Hall–Kier alpha value is -1.36. The Labute approximate surface area is 111 Å². The van der Waals surface area contributed by atoms with E-state index in [0.717, 1.165) is 28.4 Å². The van der Waals surface area contributed by atoms with Gasteiger partial charge in [0.05, 0.1) is 21.3 Å². The average Bonchev–Trinajstić information content (AvgIpc) is 2.44. The molecule has 2 rings (SSSR count). The zero-order valence-corrected chi connectivity index (χ0v) is 11.5. The lowest BCUT2D eigenvalue weighted by Gasteiger charge is -2.25. The van der Waals surface area contributed by atoms with Crippen LogP contribution in [-0.4, -0.2) is 32.5 Å². The minimum Gasteiger partial charge on any atom is -0.496 e. The largest absolute Gasteiger partial charge is 0.496 e. The summed E-state index contributed by atoms with van der Waals surface area (Å²) in [5, 5.41) is -0.163. The van der Waals surface area contributed by atoms with E-state index in [-0.39, 0.29) is 11.2 Å². The van der Waals surface area contributed by atoms with Gasteiger partial charge in [-0.05, 0) is 18.6 Å². The first-order valence-corrected chi connectivity index (χ1v) is 6.68. The van der Waals surface area contributed by atoms with E-state index < -0.39 is 0 Å². The van der Waals surface area contributed by atoms with E-state index in [1.165, 1.54) is 7.11 Å². The molecule has 1 aromatic rings. The Morgan fingerprint density at radius 3 is 2.33 bits per heavy atom. The van der Waals surface area contributed by atoms with Crippen LogP contribution in [0.5, 0.6) is 11.5 Å². The lowest BCUT2D eigenvalue weighted by Crippen LogP contribution is -2.25. The van der Waals surface area contributed by atoms with Gasteiger partial charge < -0.3 is 14.2 Å². The van der Waals surface area contributed by atoms with E-state index in [0.29, 0.717) is 6.42 Å². The van der Waals surface area contributed by atoms with E-state index in [1.54, 1.807) is 26.0 Å². The summed E-state index contributed by atoms with van der Waals surface area (Å²) in [6.45, 7) is 0. The summed E-state index contributed by atoms with van der Waals surface area (Å²) in [5.74, 6) is 2.20. The van der Waals surface area contributed by atoms with Crippen LogP contribution in [0.25, 0.3) is 0 Å². The summed E-state index contributed by atoms with van der Waals surface area (Å²) >= 11 is 1.58. The Morgan fingerprint density at radius 2 is 1.78 bits per heavy atom. The number of methoxy groups -OCH3 is 3. The van der Waals surface area contributed by atoms with E-state index in [2.05, 4.69) is 0 Å². The average molecular weight is 268 g/mol. The Bertz CT molecular complexity index is 459. The number of ether oxygens (including phenoxy) is 3. The SMILES string of the molecule is COC(=O)C1Cc2c(OC)ccc(OC)c2CS1. The molecule has 0 saturated carbocycles. The maximum atomic E-state index is 11.6. The van der Waals surface area contributed by atoms with E-state index in [1.807, 2.05) is 12.1 Å². The first-order chi connectivity index (χ1) is 8.71. The fourth-order valence-electron chi connectivity index (χ4n) is 2.13. The Kier molecular flexibility index (Phi) is 4.01. The number of benzene rings is 1. The van der Waals surface area contributed by atoms with Crippen molar-refractivity contribution in [2.24, 2.45) is 0 Å². The summed E-state index contributed by atoms with van der Waals surface area (Å²) in [6, 6.07) is 3.78. The molecule has 1 aliphatic heterocycles. The van der Waals surface area contributed by atoms with Crippen molar-refractivity contribution in [2.45, 2.75) is 17.4 Å². The van der Waals surface area contributed by atoms with Crippen molar-refractivity contribution in [1.29, 1.82) is 0 Å². The highest BCUT2D eigenvalue weighted by Crippen LogP contribution is 2.40. The zero-order chi connectivity index (χ0) is 13.1. The highest BCUT2D eigenvalue weighted by molar-refractivity contribution is 7.99. The lowest BCUT2D eigenvalue weighted by molar-refractivity contribution is -0.139. The van der Waals surface area contributed by atoms with E-state index in [4.69, 9.17) is 14.2 Å². The summed E-state index contributed by atoms with van der Waals surface area (Å²) in [5.41, 5.74) is 2.16. The maximum Gasteiger partial charge on any atom is 0.319 e. The molecule has 0 saturated heterocycles. The second-order valence-corrected chi connectivity index (χ2v) is 5.15. The normalized spacial score (nSPS) is 17.8. The predicted molar refractivity (Wildman–Crippen MR) is 70.3 cm³/mol. The number of fused-ring (bicyclic) bond motifs is 1. The fraction of sp³-hybridized carbons (Fsp3) is 0.462. The molecule has 18 heavy (non-hydrogen) atoms. The van der Waals surface area contributed by atoms with Gasteiger partial charge in [-0.15, -0.1) is 11.8 Å². The van der Waals surface area contributed by atoms with Gasteiger partial charge in [-0.1, -0.05) is 0 Å². The molecule has 0 aliphatic carbocycles. The molecule has 0 fully saturated rings. The molecule has 0 N–H and O–H groups in total. The molecular formula is C13H16O4S. The Morgan fingerprint density at radius 1 is 1.17 bits per heavy atom. The second-order valence-electron chi connectivity index (χ2n) is 3.95. The van der Waals surface area contributed by atoms with Crippen molar-refractivity contribution >= 4 is 17.7 Å². The van der Waals surface area contributed by atoms with E-state index in [9.17, 15) is 4.79 Å².